The summed E-state index contributed by atoms with van der Waals surface area (Å²) in [6, 6.07) is 0. The lowest BCUT2D eigenvalue weighted by atomic mass is 9.99. The van der Waals surface area contributed by atoms with Crippen LogP contribution in [-0.4, -0.2) is 43.8 Å². The van der Waals surface area contributed by atoms with E-state index in [2.05, 4.69) is 6.92 Å². The van der Waals surface area contributed by atoms with Crippen LogP contribution in [0.3, 0.4) is 0 Å². The van der Waals surface area contributed by atoms with Crippen LogP contribution < -0.4 is 0 Å². The minimum Gasteiger partial charge on any atom is -0.342 e. The number of amides is 1. The first-order valence-electron chi connectivity index (χ1n) is 7.37. The Bertz CT molecular complexity index is 440. The van der Waals surface area contributed by atoms with E-state index < -0.39 is 9.84 Å². The standard InChI is InChI=1S/C14H25NO3S/c1-3-7-14(8-9-14)13(16)15-10-4-5-12(6-11-15)19(2,17)18/h12H,3-11H2,1-2H3. The summed E-state index contributed by atoms with van der Waals surface area (Å²) in [5.74, 6) is 0.281. The van der Waals surface area contributed by atoms with Gasteiger partial charge >= 0.3 is 0 Å². The first kappa shape index (κ1) is 14.8. The fourth-order valence-electron chi connectivity index (χ4n) is 3.23. The lowest BCUT2D eigenvalue weighted by Crippen LogP contribution is -2.38. The SMILES string of the molecule is CCCC1(C(=O)N2CCCC(S(C)(=O)=O)CC2)CC1. The van der Waals surface area contributed by atoms with Gasteiger partial charge < -0.3 is 4.90 Å². The predicted molar refractivity (Wildman–Crippen MR) is 75.6 cm³/mol. The van der Waals surface area contributed by atoms with Crippen LogP contribution in [0.4, 0.5) is 0 Å². The number of hydrogen-bond donors (Lipinski definition) is 0. The van der Waals surface area contributed by atoms with E-state index in [0.29, 0.717) is 19.4 Å². The number of rotatable bonds is 4. The van der Waals surface area contributed by atoms with Crippen LogP contribution in [0.5, 0.6) is 0 Å². The van der Waals surface area contributed by atoms with Crippen LogP contribution in [0.2, 0.25) is 0 Å². The Morgan fingerprint density at radius 3 is 2.47 bits per heavy atom. The molecule has 0 aromatic carbocycles. The fraction of sp³-hybridized carbons (Fsp3) is 0.929. The molecule has 1 aliphatic heterocycles. The van der Waals surface area contributed by atoms with E-state index in [-0.39, 0.29) is 16.6 Å². The van der Waals surface area contributed by atoms with Gasteiger partial charge in [-0.1, -0.05) is 13.3 Å². The third-order valence-electron chi connectivity index (χ3n) is 4.60. The van der Waals surface area contributed by atoms with Gasteiger partial charge in [0.1, 0.15) is 9.84 Å². The van der Waals surface area contributed by atoms with Gasteiger partial charge in [-0.15, -0.1) is 0 Å². The van der Waals surface area contributed by atoms with Crippen LogP contribution in [0.25, 0.3) is 0 Å². The Balaban J connectivity index is 1.98. The highest BCUT2D eigenvalue weighted by molar-refractivity contribution is 7.91. The van der Waals surface area contributed by atoms with Crippen molar-refractivity contribution in [1.29, 1.82) is 0 Å². The molecule has 1 saturated heterocycles. The maximum absolute atomic E-state index is 12.6. The van der Waals surface area contributed by atoms with Crippen molar-refractivity contribution in [3.8, 4) is 0 Å². The summed E-state index contributed by atoms with van der Waals surface area (Å²) in [4.78, 5) is 14.5. The summed E-state index contributed by atoms with van der Waals surface area (Å²) in [6.45, 7) is 3.47. The average Bonchev–Trinajstić information content (AvgIpc) is 3.10. The smallest absolute Gasteiger partial charge is 0.228 e. The largest absolute Gasteiger partial charge is 0.342 e. The molecule has 0 bridgehead atoms. The van der Waals surface area contributed by atoms with Crippen molar-refractivity contribution in [1.82, 2.24) is 4.90 Å². The van der Waals surface area contributed by atoms with Gasteiger partial charge in [0.15, 0.2) is 0 Å². The van der Waals surface area contributed by atoms with Crippen molar-refractivity contribution in [2.45, 2.75) is 57.1 Å². The predicted octanol–water partition coefficient (Wildman–Crippen LogP) is 1.99. The molecule has 1 amide bonds. The first-order valence-corrected chi connectivity index (χ1v) is 9.33. The van der Waals surface area contributed by atoms with Gasteiger partial charge in [0, 0.05) is 24.8 Å². The maximum atomic E-state index is 12.6. The first-order chi connectivity index (χ1) is 8.89. The molecule has 1 heterocycles. The highest BCUT2D eigenvalue weighted by Gasteiger charge is 2.50. The van der Waals surface area contributed by atoms with Crippen molar-refractivity contribution < 1.29 is 13.2 Å². The summed E-state index contributed by atoms with van der Waals surface area (Å²) < 4.78 is 23.2. The molecule has 19 heavy (non-hydrogen) atoms. The Hall–Kier alpha value is -0.580. The van der Waals surface area contributed by atoms with Gasteiger partial charge in [0.05, 0.1) is 5.25 Å². The second-order valence-electron chi connectivity index (χ2n) is 6.20. The average molecular weight is 287 g/mol. The minimum atomic E-state index is -2.97. The molecule has 0 spiro atoms. The van der Waals surface area contributed by atoms with E-state index in [4.69, 9.17) is 0 Å². The summed E-state index contributed by atoms with van der Waals surface area (Å²) in [7, 11) is -2.97. The molecule has 0 aromatic heterocycles. The number of likely N-dealkylation sites (tertiary alicyclic amines) is 1. The molecule has 0 N–H and O–H groups in total. The number of sulfone groups is 1. The monoisotopic (exact) mass is 287 g/mol. The van der Waals surface area contributed by atoms with Crippen LogP contribution >= 0.6 is 0 Å². The maximum Gasteiger partial charge on any atom is 0.228 e. The molecule has 0 aromatic rings. The van der Waals surface area contributed by atoms with Crippen LogP contribution in [0.1, 0.15) is 51.9 Å². The summed E-state index contributed by atoms with van der Waals surface area (Å²) in [5, 5.41) is -0.258. The normalized spacial score (nSPS) is 26.8. The molecule has 1 atom stereocenters. The third-order valence-corrected chi connectivity index (χ3v) is 6.29. The Kier molecular flexibility index (Phi) is 4.23. The molecule has 2 fully saturated rings. The lowest BCUT2D eigenvalue weighted by Gasteiger charge is -2.26. The topological polar surface area (TPSA) is 54.5 Å². The second kappa shape index (κ2) is 5.43. The number of carbonyl (C=O) groups is 1. The highest BCUT2D eigenvalue weighted by Crippen LogP contribution is 2.51. The van der Waals surface area contributed by atoms with Crippen molar-refractivity contribution in [2.24, 2.45) is 5.41 Å². The van der Waals surface area contributed by atoms with E-state index in [1.807, 2.05) is 4.90 Å². The molecule has 1 saturated carbocycles. The van der Waals surface area contributed by atoms with Gasteiger partial charge in [-0.05, 0) is 38.5 Å². The van der Waals surface area contributed by atoms with Gasteiger partial charge in [-0.3, -0.25) is 4.79 Å². The Labute approximate surface area is 116 Å². The molecule has 110 valence electrons. The fourth-order valence-corrected chi connectivity index (χ4v) is 4.36. The zero-order valence-electron chi connectivity index (χ0n) is 12.0. The molecule has 2 aliphatic rings. The van der Waals surface area contributed by atoms with Crippen LogP contribution in [0.15, 0.2) is 0 Å². The minimum absolute atomic E-state index is 0.0837. The summed E-state index contributed by atoms with van der Waals surface area (Å²) >= 11 is 0. The third kappa shape index (κ3) is 3.30. The van der Waals surface area contributed by atoms with Gasteiger partial charge in [0.25, 0.3) is 0 Å². The van der Waals surface area contributed by atoms with E-state index in [9.17, 15) is 13.2 Å². The Morgan fingerprint density at radius 2 is 1.95 bits per heavy atom. The van der Waals surface area contributed by atoms with Crippen LogP contribution in [0, 0.1) is 5.41 Å². The number of nitrogens with zero attached hydrogens (tertiary/aromatic N) is 1. The molecular weight excluding hydrogens is 262 g/mol. The molecule has 0 radical (unpaired) electrons. The van der Waals surface area contributed by atoms with Gasteiger partial charge in [-0.25, -0.2) is 8.42 Å². The molecule has 1 unspecified atom stereocenters. The lowest BCUT2D eigenvalue weighted by molar-refractivity contribution is -0.137. The van der Waals surface area contributed by atoms with Crippen molar-refractivity contribution in [3.63, 3.8) is 0 Å². The zero-order chi connectivity index (χ0) is 14.1. The summed E-state index contributed by atoms with van der Waals surface area (Å²) in [6.07, 6.45) is 7.50. The molecular formula is C14H25NO3S. The molecule has 4 nitrogen and oxygen atoms in total. The highest BCUT2D eigenvalue weighted by atomic mass is 32.2. The van der Waals surface area contributed by atoms with Gasteiger partial charge in [0.2, 0.25) is 5.91 Å². The number of hydrogen-bond acceptors (Lipinski definition) is 3. The number of carbonyl (C=O) groups excluding carboxylic acids is 1. The van der Waals surface area contributed by atoms with Crippen LogP contribution in [-0.2, 0) is 14.6 Å². The van der Waals surface area contributed by atoms with Crippen molar-refractivity contribution in [3.05, 3.63) is 0 Å². The van der Waals surface area contributed by atoms with E-state index in [0.717, 1.165) is 38.6 Å². The van der Waals surface area contributed by atoms with E-state index >= 15 is 0 Å². The van der Waals surface area contributed by atoms with Crippen molar-refractivity contribution >= 4 is 15.7 Å². The quantitative estimate of drug-likeness (QED) is 0.794. The van der Waals surface area contributed by atoms with Crippen molar-refractivity contribution in [2.75, 3.05) is 19.3 Å². The second-order valence-corrected chi connectivity index (χ2v) is 8.53. The zero-order valence-corrected chi connectivity index (χ0v) is 12.8. The van der Waals surface area contributed by atoms with Gasteiger partial charge in [-0.2, -0.15) is 0 Å². The van der Waals surface area contributed by atoms with E-state index in [1.165, 1.54) is 6.26 Å². The Morgan fingerprint density at radius 1 is 1.26 bits per heavy atom. The molecule has 2 rings (SSSR count). The summed E-state index contributed by atoms with van der Waals surface area (Å²) in [5.41, 5.74) is -0.0837. The van der Waals surface area contributed by atoms with E-state index in [1.54, 1.807) is 0 Å². The molecule has 5 heteroatoms. The molecule has 1 aliphatic carbocycles.